The van der Waals surface area contributed by atoms with E-state index in [4.69, 9.17) is 16.7 Å². The molecule has 0 spiro atoms. The molecule has 1 aromatic rings. The van der Waals surface area contributed by atoms with Crippen molar-refractivity contribution in [3.05, 3.63) is 34.3 Å². The first kappa shape index (κ1) is 12.3. The lowest BCUT2D eigenvalue weighted by molar-refractivity contribution is -0.203. The summed E-state index contributed by atoms with van der Waals surface area (Å²) >= 11 is 5.81. The Hall–Kier alpha value is -0.740. The summed E-state index contributed by atoms with van der Waals surface area (Å²) in [6.45, 7) is 1.70. The van der Waals surface area contributed by atoms with Crippen LogP contribution in [0.3, 0.4) is 0 Å². The van der Waals surface area contributed by atoms with Crippen LogP contribution in [0.2, 0.25) is 5.02 Å². The third kappa shape index (κ3) is 3.11. The van der Waals surface area contributed by atoms with E-state index in [1.165, 1.54) is 6.07 Å². The maximum Gasteiger partial charge on any atom is 0.414 e. The van der Waals surface area contributed by atoms with Gasteiger partial charge in [-0.05, 0) is 18.1 Å². The molecule has 0 saturated carbocycles. The number of benzene rings is 1. The Morgan fingerprint density at radius 2 is 2.00 bits per heavy atom. The molecule has 1 atom stereocenters. The molecule has 1 rings (SSSR count). The Morgan fingerprint density at radius 3 is 2.53 bits per heavy atom. The topological polar surface area (TPSA) is 20.2 Å². The van der Waals surface area contributed by atoms with E-state index in [-0.39, 0.29) is 5.02 Å². The van der Waals surface area contributed by atoms with Crippen molar-refractivity contribution in [2.45, 2.75) is 25.6 Å². The quantitative estimate of drug-likeness (QED) is 0.839. The Kier molecular flexibility index (Phi) is 3.62. The minimum Gasteiger partial charge on any atom is -0.383 e. The molecule has 15 heavy (non-hydrogen) atoms. The molecule has 84 valence electrons. The molecule has 0 bridgehead atoms. The van der Waals surface area contributed by atoms with Crippen molar-refractivity contribution < 1.29 is 18.3 Å². The van der Waals surface area contributed by atoms with Crippen LogP contribution in [0.15, 0.2) is 18.2 Å². The second-order valence-corrected chi connectivity index (χ2v) is 3.69. The van der Waals surface area contributed by atoms with Gasteiger partial charge in [-0.15, -0.1) is 0 Å². The molecule has 0 aliphatic rings. The van der Waals surface area contributed by atoms with Crippen molar-refractivity contribution in [3.8, 4) is 0 Å². The second kappa shape index (κ2) is 4.41. The third-order valence-corrected chi connectivity index (χ3v) is 2.60. The van der Waals surface area contributed by atoms with Crippen molar-refractivity contribution in [2.75, 3.05) is 0 Å². The van der Waals surface area contributed by atoms with E-state index < -0.39 is 18.7 Å². The van der Waals surface area contributed by atoms with Crippen LogP contribution in [-0.4, -0.2) is 17.4 Å². The van der Waals surface area contributed by atoms with E-state index in [1.54, 1.807) is 19.1 Å². The number of aryl methyl sites for hydroxylation is 1. The van der Waals surface area contributed by atoms with Crippen molar-refractivity contribution >= 4 is 11.6 Å². The molecule has 0 aromatic heterocycles. The lowest BCUT2D eigenvalue weighted by Gasteiger charge is -2.15. The molecule has 1 nitrogen and oxygen atoms in total. The Balaban J connectivity index is 2.86. The van der Waals surface area contributed by atoms with Gasteiger partial charge in [0.05, 0.1) is 0 Å². The van der Waals surface area contributed by atoms with Crippen LogP contribution in [0.5, 0.6) is 0 Å². The highest BCUT2D eigenvalue weighted by molar-refractivity contribution is 6.32. The molecular formula is C10H10ClF3O. The number of aliphatic hydroxyl groups excluding tert-OH is 1. The number of hydrogen-bond donors (Lipinski definition) is 1. The summed E-state index contributed by atoms with van der Waals surface area (Å²) < 4.78 is 36.2. The van der Waals surface area contributed by atoms with Gasteiger partial charge in [0.1, 0.15) is 0 Å². The minimum absolute atomic E-state index is 0.279. The highest BCUT2D eigenvalue weighted by Crippen LogP contribution is 2.27. The fourth-order valence-corrected chi connectivity index (χ4v) is 1.39. The first-order valence-electron chi connectivity index (χ1n) is 4.31. The lowest BCUT2D eigenvalue weighted by atomic mass is 10.1. The Morgan fingerprint density at radius 1 is 1.40 bits per heavy atom. The van der Waals surface area contributed by atoms with E-state index in [0.717, 1.165) is 0 Å². The first-order valence-corrected chi connectivity index (χ1v) is 4.69. The molecule has 0 aliphatic carbocycles. The zero-order valence-electron chi connectivity index (χ0n) is 7.98. The summed E-state index contributed by atoms with van der Waals surface area (Å²) in [5.74, 6) is 0. The van der Waals surface area contributed by atoms with Crippen LogP contribution in [0, 0.1) is 6.92 Å². The summed E-state index contributed by atoms with van der Waals surface area (Å²) in [6.07, 6.45) is -7.48. The van der Waals surface area contributed by atoms with Gasteiger partial charge in [-0.2, -0.15) is 13.2 Å². The lowest BCUT2D eigenvalue weighted by Crippen LogP contribution is -2.30. The number of hydrogen-bond acceptors (Lipinski definition) is 1. The summed E-state index contributed by atoms with van der Waals surface area (Å²) in [6, 6.07) is 4.79. The van der Waals surface area contributed by atoms with Gasteiger partial charge in [-0.1, -0.05) is 29.8 Å². The Labute approximate surface area is 90.5 Å². The highest BCUT2D eigenvalue weighted by Gasteiger charge is 2.38. The van der Waals surface area contributed by atoms with Gasteiger partial charge in [-0.3, -0.25) is 0 Å². The average Bonchev–Trinajstić information content (AvgIpc) is 2.11. The molecule has 0 aliphatic heterocycles. The number of rotatable bonds is 2. The van der Waals surface area contributed by atoms with E-state index in [9.17, 15) is 13.2 Å². The van der Waals surface area contributed by atoms with Gasteiger partial charge in [0.2, 0.25) is 0 Å². The summed E-state index contributed by atoms with van der Waals surface area (Å²) in [5.41, 5.74) is 1.00. The fourth-order valence-electron chi connectivity index (χ4n) is 1.19. The number of halogens is 4. The summed E-state index contributed by atoms with van der Waals surface area (Å²) in [7, 11) is 0. The van der Waals surface area contributed by atoms with Crippen LogP contribution in [0.4, 0.5) is 13.2 Å². The highest BCUT2D eigenvalue weighted by atomic mass is 35.5. The van der Waals surface area contributed by atoms with E-state index in [1.807, 2.05) is 0 Å². The zero-order valence-corrected chi connectivity index (χ0v) is 8.73. The minimum atomic E-state index is -4.60. The monoisotopic (exact) mass is 238 g/mol. The first-order chi connectivity index (χ1) is 6.82. The van der Waals surface area contributed by atoms with Crippen molar-refractivity contribution in [3.63, 3.8) is 0 Å². The van der Waals surface area contributed by atoms with Gasteiger partial charge < -0.3 is 5.11 Å². The molecule has 0 amide bonds. The molecule has 0 radical (unpaired) electrons. The van der Waals surface area contributed by atoms with Crippen molar-refractivity contribution in [2.24, 2.45) is 0 Å². The largest absolute Gasteiger partial charge is 0.414 e. The third-order valence-electron chi connectivity index (χ3n) is 2.06. The molecule has 1 N–H and O–H groups in total. The van der Waals surface area contributed by atoms with Gasteiger partial charge in [0.25, 0.3) is 0 Å². The van der Waals surface area contributed by atoms with Crippen LogP contribution in [-0.2, 0) is 6.42 Å². The van der Waals surface area contributed by atoms with Gasteiger partial charge in [-0.25, -0.2) is 0 Å². The van der Waals surface area contributed by atoms with E-state index in [0.29, 0.717) is 11.1 Å². The maximum atomic E-state index is 12.1. The van der Waals surface area contributed by atoms with Crippen LogP contribution in [0.1, 0.15) is 11.1 Å². The average molecular weight is 239 g/mol. The SMILES string of the molecule is Cc1cccc(CC(O)C(F)(F)F)c1Cl. The standard InChI is InChI=1S/C10H10ClF3O/c1-6-3-2-4-7(9(6)11)5-8(15)10(12,13)14/h2-4,8,15H,5H2,1H3. The maximum absolute atomic E-state index is 12.1. The number of alkyl halides is 3. The van der Waals surface area contributed by atoms with Crippen LogP contribution in [0.25, 0.3) is 0 Å². The molecule has 0 saturated heterocycles. The van der Waals surface area contributed by atoms with Crippen LogP contribution < -0.4 is 0 Å². The fraction of sp³-hybridized carbons (Fsp3) is 0.400. The predicted octanol–water partition coefficient (Wildman–Crippen LogP) is 3.11. The molecule has 1 unspecified atom stereocenters. The molecule has 0 heterocycles. The molecule has 5 heteroatoms. The summed E-state index contributed by atoms with van der Waals surface area (Å²) in [4.78, 5) is 0. The molecular weight excluding hydrogens is 229 g/mol. The zero-order chi connectivity index (χ0) is 11.6. The normalized spacial score (nSPS) is 14.0. The van der Waals surface area contributed by atoms with Crippen molar-refractivity contribution in [1.82, 2.24) is 0 Å². The van der Waals surface area contributed by atoms with E-state index >= 15 is 0 Å². The smallest absolute Gasteiger partial charge is 0.383 e. The molecule has 0 fully saturated rings. The number of aliphatic hydroxyl groups is 1. The predicted molar refractivity (Wildman–Crippen MR) is 52.0 cm³/mol. The van der Waals surface area contributed by atoms with Crippen LogP contribution >= 0.6 is 11.6 Å². The molecule has 1 aromatic carbocycles. The van der Waals surface area contributed by atoms with Crippen molar-refractivity contribution in [1.29, 1.82) is 0 Å². The van der Waals surface area contributed by atoms with Gasteiger partial charge in [0, 0.05) is 11.4 Å². The summed E-state index contributed by atoms with van der Waals surface area (Å²) in [5, 5.41) is 9.15. The second-order valence-electron chi connectivity index (χ2n) is 3.31. The Bertz CT molecular complexity index is 349. The van der Waals surface area contributed by atoms with E-state index in [2.05, 4.69) is 0 Å². The van der Waals surface area contributed by atoms with Gasteiger partial charge >= 0.3 is 6.18 Å². The van der Waals surface area contributed by atoms with Gasteiger partial charge in [0.15, 0.2) is 6.10 Å².